The molecule has 0 radical (unpaired) electrons. The number of nitrogens with zero attached hydrogens (tertiary/aromatic N) is 2. The number of aromatic nitrogens is 2. The first kappa shape index (κ1) is 26.6. The number of carbonyl (C=O) groups is 2. The van der Waals surface area contributed by atoms with Gasteiger partial charge in [0.15, 0.2) is 15.0 Å². The monoisotopic (exact) mass is 584 g/mol. The van der Waals surface area contributed by atoms with Crippen molar-refractivity contribution in [3.8, 4) is 26.9 Å². The Morgan fingerprint density at radius 1 is 1.10 bits per heavy atom. The average Bonchev–Trinajstić information content (AvgIpc) is 3.62. The molecule has 1 atom stereocenters. The van der Waals surface area contributed by atoms with Crippen LogP contribution in [0.5, 0.6) is 5.75 Å². The zero-order chi connectivity index (χ0) is 27.6. The van der Waals surface area contributed by atoms with E-state index in [1.165, 1.54) is 22.7 Å². The number of ether oxygens (including phenoxy) is 1. The Labute approximate surface area is 232 Å². The highest BCUT2D eigenvalue weighted by Gasteiger charge is 2.29. The molecule has 4 aromatic rings. The summed E-state index contributed by atoms with van der Waals surface area (Å²) in [5.41, 5.74) is 8.68. The van der Waals surface area contributed by atoms with Crippen LogP contribution in [0.2, 0.25) is 0 Å². The van der Waals surface area contributed by atoms with Crippen molar-refractivity contribution < 1.29 is 22.7 Å². The molecule has 1 fully saturated rings. The smallest absolute Gasteiger partial charge is 0.321 e. The number of carbonyl (C=O) groups excluding carboxylic acids is 2. The number of benzene rings is 2. The highest BCUT2D eigenvalue weighted by molar-refractivity contribution is 7.91. The lowest BCUT2D eigenvalue weighted by atomic mass is 10.1. The van der Waals surface area contributed by atoms with E-state index < -0.39 is 21.9 Å². The summed E-state index contributed by atoms with van der Waals surface area (Å²) in [7, 11) is -1.56. The van der Waals surface area contributed by atoms with Crippen molar-refractivity contribution in [1.82, 2.24) is 15.3 Å². The Balaban J connectivity index is 1.26. The third kappa shape index (κ3) is 6.35. The zero-order valence-electron chi connectivity index (χ0n) is 20.6. The predicted molar refractivity (Wildman–Crippen MR) is 153 cm³/mol. The third-order valence-corrected chi connectivity index (χ3v) is 9.64. The molecule has 3 amide bonds. The molecular weight excluding hydrogens is 561 g/mol. The summed E-state index contributed by atoms with van der Waals surface area (Å²) in [6.07, 6.45) is 0.384. The lowest BCUT2D eigenvalue weighted by Gasteiger charge is -2.10. The quantitative estimate of drug-likeness (QED) is 0.252. The van der Waals surface area contributed by atoms with Crippen LogP contribution in [0.1, 0.15) is 16.8 Å². The third-order valence-electron chi connectivity index (χ3n) is 5.89. The maximum atomic E-state index is 12.7. The molecule has 2 aromatic carbocycles. The number of hydrogen-bond donors (Lipinski definition) is 4. The second kappa shape index (κ2) is 11.0. The number of sulfone groups is 1. The van der Waals surface area contributed by atoms with Crippen molar-refractivity contribution in [2.45, 2.75) is 12.5 Å². The minimum Gasteiger partial charge on any atom is -0.497 e. The van der Waals surface area contributed by atoms with Gasteiger partial charge < -0.3 is 21.1 Å². The minimum atomic E-state index is -3.11. The van der Waals surface area contributed by atoms with Gasteiger partial charge in [-0.1, -0.05) is 29.5 Å². The largest absolute Gasteiger partial charge is 0.497 e. The Kier molecular flexibility index (Phi) is 7.50. The molecule has 0 aliphatic carbocycles. The normalized spacial score (nSPS) is 16.0. The number of methoxy groups -OCH3 is 1. The van der Waals surface area contributed by atoms with Crippen LogP contribution in [0.15, 0.2) is 53.9 Å². The minimum absolute atomic E-state index is 0.0657. The molecule has 3 heterocycles. The van der Waals surface area contributed by atoms with Gasteiger partial charge in [0.05, 0.1) is 24.3 Å². The lowest BCUT2D eigenvalue weighted by Crippen LogP contribution is -2.38. The van der Waals surface area contributed by atoms with Crippen LogP contribution in [0.4, 0.5) is 21.4 Å². The van der Waals surface area contributed by atoms with Gasteiger partial charge in [-0.2, -0.15) is 0 Å². The molecule has 11 nitrogen and oxygen atoms in total. The highest BCUT2D eigenvalue weighted by Crippen LogP contribution is 2.38. The van der Waals surface area contributed by atoms with Crippen molar-refractivity contribution in [3.05, 3.63) is 59.5 Å². The Morgan fingerprint density at radius 3 is 2.69 bits per heavy atom. The van der Waals surface area contributed by atoms with Crippen molar-refractivity contribution in [1.29, 1.82) is 0 Å². The van der Waals surface area contributed by atoms with E-state index in [4.69, 9.17) is 10.5 Å². The SMILES string of the molecule is COc1cccc(C(=O)Nc2cccc(-c3csc(-c4sc(NC(=O)NC5CCS(=O)(=O)C5)nc4N)n3)c2)c1. The van der Waals surface area contributed by atoms with Crippen LogP contribution in [0.3, 0.4) is 0 Å². The fourth-order valence-corrected chi connectivity index (χ4v) is 7.48. The van der Waals surface area contributed by atoms with Gasteiger partial charge >= 0.3 is 6.03 Å². The summed E-state index contributed by atoms with van der Waals surface area (Å²) in [4.78, 5) is 34.5. The molecular formula is C25H24N6O5S3. The van der Waals surface area contributed by atoms with Crippen molar-refractivity contribution in [3.63, 3.8) is 0 Å². The number of anilines is 3. The van der Waals surface area contributed by atoms with Crippen LogP contribution < -0.4 is 26.4 Å². The van der Waals surface area contributed by atoms with E-state index in [0.29, 0.717) is 39.0 Å². The van der Waals surface area contributed by atoms with E-state index in [9.17, 15) is 18.0 Å². The van der Waals surface area contributed by atoms with E-state index >= 15 is 0 Å². The van der Waals surface area contributed by atoms with Gasteiger partial charge in [-0.3, -0.25) is 10.1 Å². The molecule has 1 aliphatic heterocycles. The van der Waals surface area contributed by atoms with E-state index in [0.717, 1.165) is 5.56 Å². The van der Waals surface area contributed by atoms with Gasteiger partial charge in [-0.15, -0.1) is 11.3 Å². The first-order chi connectivity index (χ1) is 18.7. The number of nitrogen functional groups attached to an aromatic ring is 1. The number of rotatable bonds is 7. The predicted octanol–water partition coefficient (Wildman–Crippen LogP) is 4.09. The second-order valence-electron chi connectivity index (χ2n) is 8.74. The molecule has 0 bridgehead atoms. The number of thiazole rings is 2. The molecule has 0 saturated carbocycles. The van der Waals surface area contributed by atoms with E-state index in [2.05, 4.69) is 25.9 Å². The summed E-state index contributed by atoms with van der Waals surface area (Å²) < 4.78 is 28.4. The van der Waals surface area contributed by atoms with Crippen molar-refractivity contribution in [2.24, 2.45) is 0 Å². The van der Waals surface area contributed by atoms with E-state index in [-0.39, 0.29) is 28.4 Å². The summed E-state index contributed by atoms with van der Waals surface area (Å²) in [5, 5.41) is 11.0. The Bertz CT molecular complexity index is 1650. The van der Waals surface area contributed by atoms with Crippen LogP contribution in [0.25, 0.3) is 21.1 Å². The number of nitrogens with one attached hydrogen (secondary N) is 3. The lowest BCUT2D eigenvalue weighted by molar-refractivity contribution is 0.102. The number of nitrogens with two attached hydrogens (primary N) is 1. The number of amides is 3. The van der Waals surface area contributed by atoms with Gasteiger partial charge in [0.2, 0.25) is 0 Å². The van der Waals surface area contributed by atoms with E-state index in [1.807, 2.05) is 23.6 Å². The molecule has 39 heavy (non-hydrogen) atoms. The molecule has 1 unspecified atom stereocenters. The fraction of sp³-hybridized carbons (Fsp3) is 0.200. The Hall–Kier alpha value is -4.01. The molecule has 5 rings (SSSR count). The average molecular weight is 585 g/mol. The summed E-state index contributed by atoms with van der Waals surface area (Å²) in [6, 6.07) is 13.3. The molecule has 202 valence electrons. The fourth-order valence-electron chi connectivity index (χ4n) is 4.00. The van der Waals surface area contributed by atoms with Gasteiger partial charge in [-0.05, 0) is 36.8 Å². The van der Waals surface area contributed by atoms with Crippen LogP contribution in [0, 0.1) is 0 Å². The Morgan fingerprint density at radius 2 is 1.92 bits per heavy atom. The van der Waals surface area contributed by atoms with Gasteiger partial charge in [0, 0.05) is 28.2 Å². The van der Waals surface area contributed by atoms with Gasteiger partial charge in [-0.25, -0.2) is 23.2 Å². The second-order valence-corrected chi connectivity index (χ2v) is 12.8. The maximum absolute atomic E-state index is 12.7. The van der Waals surface area contributed by atoms with Gasteiger partial charge in [0.25, 0.3) is 5.91 Å². The van der Waals surface area contributed by atoms with Crippen LogP contribution in [-0.4, -0.2) is 55.0 Å². The standard InChI is InChI=1S/C25H24N6O5S3/c1-36-18-7-3-5-15(11-18)22(32)27-16-6-2-4-14(10-16)19-12-37-23(29-19)20-21(26)30-25(38-20)31-24(33)28-17-8-9-39(34,35)13-17/h2-7,10-12,17H,8-9,13,26H2,1H3,(H,27,32)(H2,28,30,31,33). The van der Waals surface area contributed by atoms with E-state index in [1.54, 1.807) is 37.4 Å². The number of urea groups is 1. The molecule has 1 aliphatic rings. The molecule has 0 spiro atoms. The molecule has 14 heteroatoms. The van der Waals surface area contributed by atoms with Crippen LogP contribution >= 0.6 is 22.7 Å². The zero-order valence-corrected chi connectivity index (χ0v) is 23.1. The van der Waals surface area contributed by atoms with Gasteiger partial charge in [0.1, 0.15) is 21.5 Å². The number of hydrogen-bond acceptors (Lipinski definition) is 10. The first-order valence-corrected chi connectivity index (χ1v) is 15.3. The van der Waals surface area contributed by atoms with Crippen molar-refractivity contribution >= 4 is 61.1 Å². The van der Waals surface area contributed by atoms with Crippen LogP contribution in [-0.2, 0) is 9.84 Å². The summed E-state index contributed by atoms with van der Waals surface area (Å²) in [6.45, 7) is 0. The molecule has 1 saturated heterocycles. The highest BCUT2D eigenvalue weighted by atomic mass is 32.2. The molecule has 2 aromatic heterocycles. The summed E-state index contributed by atoms with van der Waals surface area (Å²) in [5.74, 6) is 0.548. The summed E-state index contributed by atoms with van der Waals surface area (Å²) >= 11 is 2.55. The van der Waals surface area contributed by atoms with Crippen molar-refractivity contribution in [2.75, 3.05) is 35.0 Å². The maximum Gasteiger partial charge on any atom is 0.321 e. The topological polar surface area (TPSA) is 165 Å². The first-order valence-electron chi connectivity index (χ1n) is 11.7. The molecule has 5 N–H and O–H groups in total.